The zero-order valence-electron chi connectivity index (χ0n) is 14.2. The number of rotatable bonds is 3. The van der Waals surface area contributed by atoms with Gasteiger partial charge in [0.1, 0.15) is 36.5 Å². The largest absolute Gasteiger partial charge is 0.490 e. The number of ether oxygens (including phenoxy) is 1. The molecule has 160 valence electrons. The van der Waals surface area contributed by atoms with E-state index < -0.39 is 48.7 Å². The molecule has 1 saturated heterocycles. The first-order chi connectivity index (χ1) is 13.4. The van der Waals surface area contributed by atoms with Crippen LogP contribution in [0.25, 0.3) is 11.2 Å². The number of halogens is 3. The fourth-order valence-corrected chi connectivity index (χ4v) is 2.57. The molecule has 1 amide bonds. The van der Waals surface area contributed by atoms with Crippen LogP contribution >= 0.6 is 0 Å². The van der Waals surface area contributed by atoms with Crippen LogP contribution in [0.4, 0.5) is 19.0 Å². The van der Waals surface area contributed by atoms with Crippen LogP contribution in [0.15, 0.2) is 12.7 Å². The Morgan fingerprint density at radius 2 is 1.86 bits per heavy atom. The van der Waals surface area contributed by atoms with Crippen LogP contribution in [0.5, 0.6) is 0 Å². The molecule has 0 bridgehead atoms. The summed E-state index contributed by atoms with van der Waals surface area (Å²) in [6.45, 7) is -0.614. The molecule has 4 atom stereocenters. The van der Waals surface area contributed by atoms with Gasteiger partial charge in [0.25, 0.3) is 11.6 Å². The number of aliphatic hydroxyl groups is 3. The number of fused-ring (bicyclic) bond motifs is 1. The number of carboxylic acids is 1. The van der Waals surface area contributed by atoms with Gasteiger partial charge in [-0.2, -0.15) is 13.2 Å². The van der Waals surface area contributed by atoms with Gasteiger partial charge < -0.3 is 36.6 Å². The molecule has 0 radical (unpaired) electrons. The van der Waals surface area contributed by atoms with Crippen LogP contribution in [-0.2, 0) is 20.1 Å². The quantitative estimate of drug-likeness (QED) is 0.297. The van der Waals surface area contributed by atoms with E-state index in [1.54, 1.807) is 0 Å². The number of alkyl halides is 3. The summed E-state index contributed by atoms with van der Waals surface area (Å²) in [7, 11) is 0. The molecule has 2 aromatic rings. The Balaban J connectivity index is 0.000000370. The van der Waals surface area contributed by atoms with Gasteiger partial charge in [0.05, 0.1) is 6.61 Å². The lowest BCUT2D eigenvalue weighted by Gasteiger charge is -2.30. The molecule has 1 fully saturated rings. The second-order valence-electron chi connectivity index (χ2n) is 5.68. The molecule has 3 rings (SSSR count). The minimum atomic E-state index is -5.08. The Labute approximate surface area is 158 Å². The van der Waals surface area contributed by atoms with E-state index in [2.05, 4.69) is 15.0 Å². The van der Waals surface area contributed by atoms with Crippen molar-refractivity contribution >= 4 is 28.9 Å². The molecule has 0 unspecified atom stereocenters. The van der Waals surface area contributed by atoms with Crippen LogP contribution in [0.2, 0.25) is 0 Å². The number of anilines is 1. The first-order valence-electron chi connectivity index (χ1n) is 7.56. The molecule has 0 saturated carbocycles. The Hall–Kier alpha value is -3.08. The van der Waals surface area contributed by atoms with Crippen LogP contribution in [0, 0.1) is 0 Å². The van der Waals surface area contributed by atoms with Crippen LogP contribution in [-0.4, -0.2) is 82.9 Å². The summed E-state index contributed by atoms with van der Waals surface area (Å²) < 4.78 is 38.2. The van der Waals surface area contributed by atoms with Gasteiger partial charge in [-0.15, -0.1) is 0 Å². The number of nitrogens with zero attached hydrogens (tertiary/aromatic N) is 4. The van der Waals surface area contributed by atoms with E-state index in [0.29, 0.717) is 0 Å². The molecule has 1 aliphatic rings. The standard InChI is InChI=1S/C11H14N6O5.C2HF3O2/c12-8-5-9(15-2-14-8)17(3-16-5)11(10(13)21)7(20)6(19)4(1-18)22-11;3-2(4,5)1(6)7/h2-4,6-7,18-20H,1H2,(H2,13,21)(H2,12,14,15);(H,6,7)/t4-,6-,7-,11+;/m1./s1. The Kier molecular flexibility index (Phi) is 5.93. The third-order valence-corrected chi connectivity index (χ3v) is 3.93. The number of hydrogen-bond donors (Lipinski definition) is 6. The van der Waals surface area contributed by atoms with Crippen molar-refractivity contribution in [1.82, 2.24) is 19.5 Å². The third-order valence-electron chi connectivity index (χ3n) is 3.93. The Bertz CT molecular complexity index is 922. The number of amides is 1. The summed E-state index contributed by atoms with van der Waals surface area (Å²) in [6.07, 6.45) is -7.23. The molecular formula is C13H15F3N6O7. The van der Waals surface area contributed by atoms with Crippen molar-refractivity contribution < 1.29 is 47.9 Å². The van der Waals surface area contributed by atoms with Gasteiger partial charge in [-0.1, -0.05) is 0 Å². The van der Waals surface area contributed by atoms with Crippen molar-refractivity contribution in [3.63, 3.8) is 0 Å². The van der Waals surface area contributed by atoms with E-state index in [0.717, 1.165) is 17.2 Å². The number of hydrogen-bond acceptors (Lipinski definition) is 10. The topological polar surface area (TPSA) is 220 Å². The Morgan fingerprint density at radius 1 is 1.28 bits per heavy atom. The average Bonchev–Trinajstić information content (AvgIpc) is 3.17. The number of aliphatic carboxylic acids is 1. The van der Waals surface area contributed by atoms with Gasteiger partial charge in [-0.05, 0) is 0 Å². The van der Waals surface area contributed by atoms with E-state index >= 15 is 0 Å². The number of nitrogens with two attached hydrogens (primary N) is 2. The number of aliphatic hydroxyl groups excluding tert-OH is 3. The SMILES string of the molecule is NC(=O)[C@@]1(n2cnc3c(N)ncnc32)O[C@H](CO)[C@@H](O)[C@H]1O.O=C(O)C(F)(F)F. The third kappa shape index (κ3) is 3.77. The van der Waals surface area contributed by atoms with Crippen LogP contribution in [0.3, 0.4) is 0 Å². The zero-order chi connectivity index (χ0) is 22.1. The lowest BCUT2D eigenvalue weighted by atomic mass is 10.0. The number of nitrogen functional groups attached to an aromatic ring is 1. The predicted molar refractivity (Wildman–Crippen MR) is 84.6 cm³/mol. The highest BCUT2D eigenvalue weighted by molar-refractivity contribution is 5.87. The fraction of sp³-hybridized carbons (Fsp3) is 0.462. The van der Waals surface area contributed by atoms with Crippen molar-refractivity contribution in [2.24, 2.45) is 5.73 Å². The summed E-state index contributed by atoms with van der Waals surface area (Å²) in [4.78, 5) is 32.6. The molecule has 16 heteroatoms. The van der Waals surface area contributed by atoms with Gasteiger partial charge in [0.2, 0.25) is 0 Å². The van der Waals surface area contributed by atoms with Gasteiger partial charge >= 0.3 is 12.1 Å². The molecule has 8 N–H and O–H groups in total. The second-order valence-corrected chi connectivity index (χ2v) is 5.68. The van der Waals surface area contributed by atoms with Crippen molar-refractivity contribution in [3.05, 3.63) is 12.7 Å². The summed E-state index contributed by atoms with van der Waals surface area (Å²) in [6, 6.07) is 0. The number of imidazole rings is 1. The normalized spacial score (nSPS) is 26.8. The number of primary amides is 1. The summed E-state index contributed by atoms with van der Waals surface area (Å²) in [5.41, 5.74) is 9.16. The minimum Gasteiger partial charge on any atom is -0.475 e. The number of carboxylic acid groups (broad SMARTS) is 1. The van der Waals surface area contributed by atoms with Crippen LogP contribution < -0.4 is 11.5 Å². The molecule has 3 heterocycles. The monoisotopic (exact) mass is 424 g/mol. The first kappa shape index (κ1) is 22.2. The van der Waals surface area contributed by atoms with Gasteiger partial charge in [-0.25, -0.2) is 19.7 Å². The smallest absolute Gasteiger partial charge is 0.475 e. The van der Waals surface area contributed by atoms with E-state index in [-0.39, 0.29) is 17.0 Å². The average molecular weight is 424 g/mol. The van der Waals surface area contributed by atoms with Crippen molar-refractivity contribution in [2.75, 3.05) is 12.3 Å². The van der Waals surface area contributed by atoms with Crippen molar-refractivity contribution in [1.29, 1.82) is 0 Å². The number of carbonyl (C=O) groups is 2. The molecular weight excluding hydrogens is 409 g/mol. The molecule has 0 aliphatic carbocycles. The molecule has 13 nitrogen and oxygen atoms in total. The lowest BCUT2D eigenvalue weighted by Crippen LogP contribution is -2.54. The second kappa shape index (κ2) is 7.74. The van der Waals surface area contributed by atoms with Gasteiger partial charge in [0, 0.05) is 0 Å². The number of carbonyl (C=O) groups excluding carboxylic acids is 1. The molecule has 1 aliphatic heterocycles. The van der Waals surface area contributed by atoms with E-state index in [1.807, 2.05) is 0 Å². The van der Waals surface area contributed by atoms with Gasteiger partial charge in [-0.3, -0.25) is 9.36 Å². The Morgan fingerprint density at radius 3 is 2.31 bits per heavy atom. The van der Waals surface area contributed by atoms with Crippen molar-refractivity contribution in [2.45, 2.75) is 30.2 Å². The molecule has 0 aromatic carbocycles. The number of aromatic nitrogens is 4. The van der Waals surface area contributed by atoms with Crippen molar-refractivity contribution in [3.8, 4) is 0 Å². The van der Waals surface area contributed by atoms with E-state index in [9.17, 15) is 33.3 Å². The highest BCUT2D eigenvalue weighted by atomic mass is 19.4. The fourth-order valence-electron chi connectivity index (χ4n) is 2.57. The zero-order valence-corrected chi connectivity index (χ0v) is 14.2. The summed E-state index contributed by atoms with van der Waals surface area (Å²) in [5, 5.41) is 36.5. The lowest BCUT2D eigenvalue weighted by molar-refractivity contribution is -0.192. The maximum Gasteiger partial charge on any atom is 0.490 e. The molecule has 2 aromatic heterocycles. The van der Waals surface area contributed by atoms with E-state index in [1.165, 1.54) is 0 Å². The molecule has 0 spiro atoms. The molecule has 29 heavy (non-hydrogen) atoms. The highest BCUT2D eigenvalue weighted by Gasteiger charge is 2.60. The van der Waals surface area contributed by atoms with Crippen LogP contribution in [0.1, 0.15) is 0 Å². The maximum absolute atomic E-state index is 12.0. The van der Waals surface area contributed by atoms with E-state index in [4.69, 9.17) is 26.1 Å². The predicted octanol–water partition coefficient (Wildman–Crippen LogP) is -2.71. The summed E-state index contributed by atoms with van der Waals surface area (Å²) >= 11 is 0. The summed E-state index contributed by atoms with van der Waals surface area (Å²) in [5.74, 6) is -3.77. The highest BCUT2D eigenvalue weighted by Crippen LogP contribution is 2.37. The van der Waals surface area contributed by atoms with Gasteiger partial charge in [0.15, 0.2) is 11.5 Å². The maximum atomic E-state index is 12.0. The first-order valence-corrected chi connectivity index (χ1v) is 7.56. The minimum absolute atomic E-state index is 0.0649.